The van der Waals surface area contributed by atoms with Gasteiger partial charge in [0.2, 0.25) is 0 Å². The van der Waals surface area contributed by atoms with E-state index in [4.69, 9.17) is 23.4 Å². The van der Waals surface area contributed by atoms with Crippen LogP contribution in [0.15, 0.2) is 78.9 Å². The van der Waals surface area contributed by atoms with Crippen LogP contribution in [-0.4, -0.2) is 45.3 Å². The van der Waals surface area contributed by atoms with Gasteiger partial charge in [0.05, 0.1) is 25.4 Å². The molecular formula is C37H48O6Si. The fourth-order valence-corrected chi connectivity index (χ4v) is 7.20. The first kappa shape index (κ1) is 32.4. The summed E-state index contributed by atoms with van der Waals surface area (Å²) in [5, 5.41) is 0.119. The van der Waals surface area contributed by atoms with Crippen molar-refractivity contribution < 1.29 is 28.2 Å². The van der Waals surface area contributed by atoms with Gasteiger partial charge in [-0.1, -0.05) is 93.6 Å². The minimum atomic E-state index is -1.98. The molecule has 7 heteroatoms. The van der Waals surface area contributed by atoms with Crippen molar-refractivity contribution in [2.45, 2.75) is 109 Å². The molecule has 2 heterocycles. The van der Waals surface area contributed by atoms with Crippen molar-refractivity contribution in [1.82, 2.24) is 0 Å². The van der Waals surface area contributed by atoms with E-state index < -0.39 is 8.32 Å². The minimum absolute atomic E-state index is 0.0606. The number of carbonyl (C=O) groups excluding carboxylic acids is 1. The molecule has 4 atom stereocenters. The van der Waals surface area contributed by atoms with Gasteiger partial charge >= 0.3 is 5.97 Å². The Labute approximate surface area is 264 Å². The SMILES string of the molecule is CC(C)(C)[Si](C)(C)O[C@@H]1C[C@@H]2Cc3cccc(OCc4ccccc4)c3C(=O)O[C@@H](CCOCc3ccccc3)C[C@@H](C1)O2. The molecule has 0 saturated carbocycles. The maximum atomic E-state index is 13.9. The van der Waals surface area contributed by atoms with Gasteiger partial charge in [-0.3, -0.25) is 0 Å². The van der Waals surface area contributed by atoms with E-state index in [1.807, 2.05) is 66.7 Å². The van der Waals surface area contributed by atoms with E-state index in [-0.39, 0.29) is 35.4 Å². The van der Waals surface area contributed by atoms with Crippen molar-refractivity contribution in [3.05, 3.63) is 101 Å². The largest absolute Gasteiger partial charge is 0.488 e. The number of esters is 1. The molecule has 3 aromatic rings. The Kier molecular flexibility index (Phi) is 10.6. The summed E-state index contributed by atoms with van der Waals surface area (Å²) in [7, 11) is -1.98. The second kappa shape index (κ2) is 14.4. The Hall–Kier alpha value is -2.97. The van der Waals surface area contributed by atoms with E-state index in [2.05, 4.69) is 46.0 Å². The van der Waals surface area contributed by atoms with Crippen molar-refractivity contribution in [2.75, 3.05) is 6.61 Å². The lowest BCUT2D eigenvalue weighted by Gasteiger charge is -2.44. The third kappa shape index (κ3) is 8.60. The molecule has 0 N–H and O–H groups in total. The molecule has 2 aliphatic heterocycles. The van der Waals surface area contributed by atoms with E-state index >= 15 is 0 Å². The Bertz CT molecular complexity index is 1350. The molecule has 6 nitrogen and oxygen atoms in total. The molecule has 2 aliphatic rings. The number of benzene rings is 3. The molecule has 5 rings (SSSR count). The lowest BCUT2D eigenvalue weighted by molar-refractivity contribution is -0.108. The Morgan fingerprint density at radius 3 is 2.16 bits per heavy atom. The van der Waals surface area contributed by atoms with Gasteiger partial charge in [0.25, 0.3) is 0 Å². The number of ether oxygens (including phenoxy) is 4. The summed E-state index contributed by atoms with van der Waals surface area (Å²) in [5.74, 6) is 0.197. The number of fused-ring (bicyclic) bond motifs is 3. The van der Waals surface area contributed by atoms with Gasteiger partial charge in [-0.2, -0.15) is 0 Å². The van der Waals surface area contributed by atoms with E-state index in [0.717, 1.165) is 29.5 Å². The zero-order chi connectivity index (χ0) is 31.2. The zero-order valence-electron chi connectivity index (χ0n) is 26.9. The highest BCUT2D eigenvalue weighted by atomic mass is 28.4. The van der Waals surface area contributed by atoms with Crippen LogP contribution in [0.5, 0.6) is 5.75 Å². The molecule has 0 unspecified atom stereocenters. The monoisotopic (exact) mass is 616 g/mol. The summed E-state index contributed by atoms with van der Waals surface area (Å²) >= 11 is 0. The topological polar surface area (TPSA) is 63.2 Å². The summed E-state index contributed by atoms with van der Waals surface area (Å²) < 4.78 is 32.2. The number of hydrogen-bond donors (Lipinski definition) is 0. The van der Waals surface area contributed by atoms with Crippen LogP contribution in [0.2, 0.25) is 18.1 Å². The van der Waals surface area contributed by atoms with Crippen molar-refractivity contribution in [3.8, 4) is 5.75 Å². The van der Waals surface area contributed by atoms with E-state index in [0.29, 0.717) is 50.4 Å². The first-order chi connectivity index (χ1) is 21.1. The van der Waals surface area contributed by atoms with E-state index in [9.17, 15) is 4.79 Å². The molecular weight excluding hydrogens is 568 g/mol. The van der Waals surface area contributed by atoms with Gasteiger partial charge in [0.15, 0.2) is 8.32 Å². The fourth-order valence-electron chi connectivity index (χ4n) is 5.83. The van der Waals surface area contributed by atoms with Gasteiger partial charge in [-0.25, -0.2) is 4.79 Å². The minimum Gasteiger partial charge on any atom is -0.488 e. The molecule has 3 aromatic carbocycles. The van der Waals surface area contributed by atoms with Crippen LogP contribution in [-0.2, 0) is 38.3 Å². The van der Waals surface area contributed by atoms with Crippen LogP contribution in [0.3, 0.4) is 0 Å². The van der Waals surface area contributed by atoms with Crippen molar-refractivity contribution in [1.29, 1.82) is 0 Å². The van der Waals surface area contributed by atoms with Crippen molar-refractivity contribution in [3.63, 3.8) is 0 Å². The fraction of sp³-hybridized carbons (Fsp3) is 0.486. The third-order valence-electron chi connectivity index (χ3n) is 9.20. The Balaban J connectivity index is 1.38. The van der Waals surface area contributed by atoms with Crippen LogP contribution in [0.1, 0.15) is 73.5 Å². The van der Waals surface area contributed by atoms with Crippen LogP contribution in [0.25, 0.3) is 0 Å². The summed E-state index contributed by atoms with van der Waals surface area (Å²) in [4.78, 5) is 13.9. The average Bonchev–Trinajstić information content (AvgIpc) is 2.98. The lowest BCUT2D eigenvalue weighted by Crippen LogP contribution is -2.48. The highest BCUT2D eigenvalue weighted by Gasteiger charge is 2.42. The van der Waals surface area contributed by atoms with E-state index in [1.165, 1.54) is 0 Å². The second-order valence-electron chi connectivity index (χ2n) is 13.7. The highest BCUT2D eigenvalue weighted by Crippen LogP contribution is 2.40. The summed E-state index contributed by atoms with van der Waals surface area (Å²) in [6.45, 7) is 12.8. The van der Waals surface area contributed by atoms with Gasteiger partial charge in [-0.05, 0) is 60.2 Å². The average molecular weight is 617 g/mol. The quantitative estimate of drug-likeness (QED) is 0.130. The lowest BCUT2D eigenvalue weighted by atomic mass is 9.91. The standard InChI is InChI=1S/C37H48O6Si/c1-37(2,3)44(4,5)43-33-23-31-21-29-17-12-18-34(40-26-28-15-10-7-11-16-28)35(29)36(38)42-30(22-32(24-33)41-31)19-20-39-25-27-13-8-6-9-14-27/h6-18,30-33H,19-26H2,1-5H3/t30-,31-,32-,33+/m0/s1. The molecule has 2 bridgehead atoms. The van der Waals surface area contributed by atoms with Crippen LogP contribution in [0, 0.1) is 0 Å². The summed E-state index contributed by atoms with van der Waals surface area (Å²) in [6, 6.07) is 25.9. The highest BCUT2D eigenvalue weighted by molar-refractivity contribution is 6.74. The third-order valence-corrected chi connectivity index (χ3v) is 13.7. The van der Waals surface area contributed by atoms with Crippen molar-refractivity contribution >= 4 is 14.3 Å². The molecule has 236 valence electrons. The maximum Gasteiger partial charge on any atom is 0.342 e. The number of hydrogen-bond acceptors (Lipinski definition) is 6. The maximum absolute atomic E-state index is 13.9. The Morgan fingerprint density at radius 1 is 0.818 bits per heavy atom. The first-order valence-electron chi connectivity index (χ1n) is 16.0. The smallest absolute Gasteiger partial charge is 0.342 e. The zero-order valence-corrected chi connectivity index (χ0v) is 27.9. The van der Waals surface area contributed by atoms with Crippen molar-refractivity contribution in [2.24, 2.45) is 0 Å². The molecule has 1 saturated heterocycles. The molecule has 0 amide bonds. The van der Waals surface area contributed by atoms with E-state index in [1.54, 1.807) is 0 Å². The Morgan fingerprint density at radius 2 is 1.48 bits per heavy atom. The second-order valence-corrected chi connectivity index (χ2v) is 18.5. The van der Waals surface area contributed by atoms with Gasteiger partial charge in [0.1, 0.15) is 24.0 Å². The molecule has 0 aromatic heterocycles. The normalized spacial score (nSPS) is 22.5. The molecule has 0 radical (unpaired) electrons. The summed E-state index contributed by atoms with van der Waals surface area (Å²) in [5.41, 5.74) is 3.54. The summed E-state index contributed by atoms with van der Waals surface area (Å²) in [6.07, 6.45) is 3.02. The molecule has 1 fully saturated rings. The first-order valence-corrected chi connectivity index (χ1v) is 18.9. The van der Waals surface area contributed by atoms with Crippen LogP contribution in [0.4, 0.5) is 0 Å². The number of rotatable bonds is 10. The van der Waals surface area contributed by atoms with Crippen LogP contribution >= 0.6 is 0 Å². The molecule has 44 heavy (non-hydrogen) atoms. The van der Waals surface area contributed by atoms with Gasteiger partial charge in [0, 0.05) is 18.9 Å². The predicted molar refractivity (Wildman–Crippen MR) is 175 cm³/mol. The molecule has 0 spiro atoms. The number of cyclic esters (lactones) is 1. The number of carbonyl (C=O) groups is 1. The predicted octanol–water partition coefficient (Wildman–Crippen LogP) is 8.28. The molecule has 0 aliphatic carbocycles. The van der Waals surface area contributed by atoms with Gasteiger partial charge < -0.3 is 23.4 Å². The van der Waals surface area contributed by atoms with Crippen LogP contribution < -0.4 is 4.74 Å². The van der Waals surface area contributed by atoms with Gasteiger partial charge in [-0.15, -0.1) is 0 Å².